The number of aromatic amines is 1. The van der Waals surface area contributed by atoms with Gasteiger partial charge >= 0.3 is 0 Å². The minimum atomic E-state index is -0.492. The average Bonchev–Trinajstić information content (AvgIpc) is 2.99. The maximum Gasteiger partial charge on any atom is 0.225 e. The van der Waals surface area contributed by atoms with E-state index in [1.54, 1.807) is 18.3 Å². The summed E-state index contributed by atoms with van der Waals surface area (Å²) in [7, 11) is 0. The average molecular weight is 404 g/mol. The summed E-state index contributed by atoms with van der Waals surface area (Å²) < 4.78 is 26.2. The Morgan fingerprint density at radius 2 is 2.21 bits per heavy atom. The van der Waals surface area contributed by atoms with Crippen molar-refractivity contribution in [3.8, 4) is 17.3 Å². The summed E-state index contributed by atoms with van der Waals surface area (Å²) in [4.78, 5) is 8.71. The Kier molecular flexibility index (Phi) is 5.52. The lowest BCUT2D eigenvalue weighted by molar-refractivity contribution is -0.00995. The van der Waals surface area contributed by atoms with Gasteiger partial charge in [-0.05, 0) is 36.8 Å². The van der Waals surface area contributed by atoms with Gasteiger partial charge in [0.15, 0.2) is 5.82 Å². The van der Waals surface area contributed by atoms with Crippen LogP contribution in [0.1, 0.15) is 17.5 Å². The SMILES string of the molecule is Cc1nc(-c2cccnc2O[C@@H]2CNCCO[C@H]2c2ccc(Cl)c(F)c2)n[nH]1. The molecule has 7 nitrogen and oxygen atoms in total. The van der Waals surface area contributed by atoms with Gasteiger partial charge in [-0.3, -0.25) is 5.10 Å². The number of nitrogens with one attached hydrogen (secondary N) is 2. The first-order valence-corrected chi connectivity index (χ1v) is 9.28. The van der Waals surface area contributed by atoms with Crippen molar-refractivity contribution in [1.29, 1.82) is 0 Å². The molecular formula is C19H19ClFN5O2. The predicted octanol–water partition coefficient (Wildman–Crippen LogP) is 3.08. The number of ether oxygens (including phenoxy) is 2. The number of hydrogen-bond donors (Lipinski definition) is 2. The van der Waals surface area contributed by atoms with Crippen LogP contribution in [-0.2, 0) is 4.74 Å². The van der Waals surface area contributed by atoms with Crippen LogP contribution in [0.25, 0.3) is 11.4 Å². The van der Waals surface area contributed by atoms with Gasteiger partial charge < -0.3 is 14.8 Å². The number of hydrogen-bond acceptors (Lipinski definition) is 6. The largest absolute Gasteiger partial charge is 0.469 e. The van der Waals surface area contributed by atoms with E-state index in [0.29, 0.717) is 48.4 Å². The molecule has 1 aliphatic rings. The number of aromatic nitrogens is 4. The molecule has 2 aromatic heterocycles. The lowest BCUT2D eigenvalue weighted by Gasteiger charge is -2.26. The van der Waals surface area contributed by atoms with Crippen molar-refractivity contribution in [1.82, 2.24) is 25.5 Å². The van der Waals surface area contributed by atoms with Crippen LogP contribution in [0.15, 0.2) is 36.5 Å². The Bertz CT molecular complexity index is 967. The van der Waals surface area contributed by atoms with Gasteiger partial charge in [0.05, 0.1) is 17.2 Å². The van der Waals surface area contributed by atoms with Crippen LogP contribution in [0.3, 0.4) is 0 Å². The van der Waals surface area contributed by atoms with Crippen LogP contribution in [-0.4, -0.2) is 46.0 Å². The van der Waals surface area contributed by atoms with Gasteiger partial charge in [0.2, 0.25) is 5.88 Å². The van der Waals surface area contributed by atoms with E-state index in [1.807, 2.05) is 13.0 Å². The minimum absolute atomic E-state index is 0.0694. The van der Waals surface area contributed by atoms with Crippen LogP contribution in [0.4, 0.5) is 4.39 Å². The third kappa shape index (κ3) is 3.99. The van der Waals surface area contributed by atoms with Crippen molar-refractivity contribution in [2.24, 2.45) is 0 Å². The van der Waals surface area contributed by atoms with E-state index in [4.69, 9.17) is 21.1 Å². The molecule has 0 amide bonds. The van der Waals surface area contributed by atoms with Gasteiger partial charge in [-0.1, -0.05) is 17.7 Å². The van der Waals surface area contributed by atoms with Gasteiger partial charge in [-0.25, -0.2) is 14.4 Å². The Morgan fingerprint density at radius 3 is 3.00 bits per heavy atom. The number of halogens is 2. The van der Waals surface area contributed by atoms with Crippen molar-refractivity contribution in [3.05, 3.63) is 58.8 Å². The van der Waals surface area contributed by atoms with E-state index in [-0.39, 0.29) is 5.02 Å². The maximum atomic E-state index is 14.0. The number of pyridine rings is 1. The normalized spacial score (nSPS) is 20.0. The molecule has 28 heavy (non-hydrogen) atoms. The van der Waals surface area contributed by atoms with E-state index < -0.39 is 18.0 Å². The lowest BCUT2D eigenvalue weighted by atomic mass is 10.0. The predicted molar refractivity (Wildman–Crippen MR) is 102 cm³/mol. The second-order valence-electron chi connectivity index (χ2n) is 6.43. The topological polar surface area (TPSA) is 85.0 Å². The number of H-pyrrole nitrogens is 1. The fourth-order valence-corrected chi connectivity index (χ4v) is 3.20. The summed E-state index contributed by atoms with van der Waals surface area (Å²) in [5.41, 5.74) is 1.32. The molecule has 2 atom stereocenters. The molecule has 0 spiro atoms. The molecule has 9 heteroatoms. The van der Waals surface area contributed by atoms with E-state index >= 15 is 0 Å². The molecule has 2 N–H and O–H groups in total. The first-order valence-electron chi connectivity index (χ1n) is 8.90. The van der Waals surface area contributed by atoms with Crippen molar-refractivity contribution in [3.63, 3.8) is 0 Å². The fourth-order valence-electron chi connectivity index (χ4n) is 3.08. The molecule has 0 unspecified atom stereocenters. The molecule has 1 aromatic carbocycles. The molecule has 1 fully saturated rings. The fraction of sp³-hybridized carbons (Fsp3) is 0.316. The number of benzene rings is 1. The molecule has 146 valence electrons. The van der Waals surface area contributed by atoms with E-state index in [2.05, 4.69) is 25.5 Å². The summed E-state index contributed by atoms with van der Waals surface area (Å²) in [5, 5.41) is 10.3. The van der Waals surface area contributed by atoms with E-state index in [1.165, 1.54) is 12.1 Å². The zero-order valence-corrected chi connectivity index (χ0v) is 15.9. The zero-order chi connectivity index (χ0) is 19.5. The van der Waals surface area contributed by atoms with Gasteiger partial charge in [0, 0.05) is 19.3 Å². The van der Waals surface area contributed by atoms with Crippen LogP contribution in [0, 0.1) is 12.7 Å². The van der Waals surface area contributed by atoms with Crippen molar-refractivity contribution >= 4 is 11.6 Å². The Hall–Kier alpha value is -2.55. The molecule has 0 aliphatic carbocycles. The van der Waals surface area contributed by atoms with Gasteiger partial charge in [-0.15, -0.1) is 0 Å². The molecule has 1 aliphatic heterocycles. The number of rotatable bonds is 4. The first-order chi connectivity index (χ1) is 13.6. The second-order valence-corrected chi connectivity index (χ2v) is 6.83. The van der Waals surface area contributed by atoms with Gasteiger partial charge in [-0.2, -0.15) is 5.10 Å². The highest BCUT2D eigenvalue weighted by molar-refractivity contribution is 6.30. The Balaban J connectivity index is 1.66. The molecule has 1 saturated heterocycles. The number of nitrogens with zero attached hydrogens (tertiary/aromatic N) is 3. The second kappa shape index (κ2) is 8.22. The summed E-state index contributed by atoms with van der Waals surface area (Å²) >= 11 is 5.82. The molecule has 3 heterocycles. The highest BCUT2D eigenvalue weighted by atomic mass is 35.5. The van der Waals surface area contributed by atoms with Gasteiger partial charge in [0.1, 0.15) is 23.8 Å². The van der Waals surface area contributed by atoms with Gasteiger partial charge in [0.25, 0.3) is 0 Å². The van der Waals surface area contributed by atoms with E-state index in [9.17, 15) is 4.39 Å². The smallest absolute Gasteiger partial charge is 0.225 e. The standard InChI is InChI=1S/C19H19ClFN5O2/c1-11-24-18(26-25-11)13-3-2-6-23-19(13)28-16-10-22-7-8-27-17(16)12-4-5-14(20)15(21)9-12/h2-6,9,16-17,22H,7-8,10H2,1H3,(H,24,25,26)/t16-,17+/m1/s1. The number of aryl methyl sites for hydroxylation is 1. The van der Waals surface area contributed by atoms with E-state index in [0.717, 1.165) is 0 Å². The van der Waals surface area contributed by atoms with Crippen LogP contribution < -0.4 is 10.1 Å². The first kappa shape index (κ1) is 18.8. The van der Waals surface area contributed by atoms with Crippen LogP contribution >= 0.6 is 11.6 Å². The van der Waals surface area contributed by atoms with Crippen molar-refractivity contribution < 1.29 is 13.9 Å². The Labute approximate surface area is 166 Å². The van der Waals surface area contributed by atoms with Crippen molar-refractivity contribution in [2.45, 2.75) is 19.1 Å². The molecule has 4 rings (SSSR count). The maximum absolute atomic E-state index is 14.0. The molecule has 3 aromatic rings. The Morgan fingerprint density at radius 1 is 1.32 bits per heavy atom. The quantitative estimate of drug-likeness (QED) is 0.696. The lowest BCUT2D eigenvalue weighted by Crippen LogP contribution is -2.34. The molecule has 0 saturated carbocycles. The molecule has 0 radical (unpaired) electrons. The zero-order valence-electron chi connectivity index (χ0n) is 15.2. The van der Waals surface area contributed by atoms with Crippen molar-refractivity contribution in [2.75, 3.05) is 19.7 Å². The molecular weight excluding hydrogens is 385 g/mol. The summed E-state index contributed by atoms with van der Waals surface area (Å²) in [5.74, 6) is 1.09. The summed E-state index contributed by atoms with van der Waals surface area (Å²) in [6, 6.07) is 8.28. The highest BCUT2D eigenvalue weighted by Crippen LogP contribution is 2.31. The third-order valence-electron chi connectivity index (χ3n) is 4.40. The van der Waals surface area contributed by atoms with Crippen LogP contribution in [0.2, 0.25) is 5.02 Å². The summed E-state index contributed by atoms with van der Waals surface area (Å²) in [6.45, 7) is 3.48. The summed E-state index contributed by atoms with van der Waals surface area (Å²) in [6.07, 6.45) is 0.725. The monoisotopic (exact) mass is 403 g/mol. The third-order valence-corrected chi connectivity index (χ3v) is 4.71. The van der Waals surface area contributed by atoms with Crippen LogP contribution in [0.5, 0.6) is 5.88 Å². The highest BCUT2D eigenvalue weighted by Gasteiger charge is 2.30. The molecule has 0 bridgehead atoms. The minimum Gasteiger partial charge on any atom is -0.469 e.